The maximum atomic E-state index is 11.9. The molecule has 2 N–H and O–H groups in total. The Kier molecular flexibility index (Phi) is 4.27. The summed E-state index contributed by atoms with van der Waals surface area (Å²) < 4.78 is 0. The Morgan fingerprint density at radius 2 is 1.89 bits per heavy atom. The monoisotopic (exact) mass is 301 g/mol. The molecule has 1 unspecified atom stereocenters. The summed E-state index contributed by atoms with van der Waals surface area (Å²) in [6.45, 7) is 1.63. The van der Waals surface area contributed by atoms with E-state index < -0.39 is 11.9 Å². The van der Waals surface area contributed by atoms with Crippen LogP contribution in [0.1, 0.15) is 30.1 Å². The van der Waals surface area contributed by atoms with E-state index in [4.69, 9.17) is 23.2 Å². The van der Waals surface area contributed by atoms with Gasteiger partial charge in [-0.3, -0.25) is 9.59 Å². The Morgan fingerprint density at radius 1 is 1.32 bits per heavy atom. The third-order valence-corrected chi connectivity index (χ3v) is 3.08. The van der Waals surface area contributed by atoms with Gasteiger partial charge in [0.25, 0.3) is 5.91 Å². The molecule has 0 spiro atoms. The molecule has 0 bridgehead atoms. The van der Waals surface area contributed by atoms with E-state index in [-0.39, 0.29) is 27.8 Å². The number of amides is 2. The quantitative estimate of drug-likeness (QED) is 0.833. The van der Waals surface area contributed by atoms with Crippen LogP contribution in [0.2, 0.25) is 10.3 Å². The third-order valence-electron chi connectivity index (χ3n) is 2.69. The highest BCUT2D eigenvalue weighted by molar-refractivity contribution is 6.33. The minimum Gasteiger partial charge on any atom is -0.352 e. The molecule has 0 aromatic carbocycles. The lowest BCUT2D eigenvalue weighted by molar-refractivity contribution is -0.122. The number of nitrogens with zero attached hydrogens (tertiary/aromatic N) is 1. The van der Waals surface area contributed by atoms with E-state index in [9.17, 15) is 9.59 Å². The molecule has 1 aromatic heterocycles. The molecule has 1 aromatic rings. The zero-order valence-electron chi connectivity index (χ0n) is 10.2. The summed E-state index contributed by atoms with van der Waals surface area (Å²) in [6.07, 6.45) is 2.00. The molecule has 2 amide bonds. The normalized spacial score (nSPS) is 15.7. The average molecular weight is 302 g/mol. The summed E-state index contributed by atoms with van der Waals surface area (Å²) in [5.74, 6) is -0.605. The number of rotatable bonds is 4. The molecule has 5 nitrogen and oxygen atoms in total. The zero-order valence-corrected chi connectivity index (χ0v) is 11.8. The summed E-state index contributed by atoms with van der Waals surface area (Å²) >= 11 is 11.4. The molecule has 1 aliphatic carbocycles. The fourth-order valence-corrected chi connectivity index (χ4v) is 1.96. The SMILES string of the molecule is CC(NC(=O)c1cc(Cl)nc(Cl)c1)C(=O)NC1CC1. The van der Waals surface area contributed by atoms with Gasteiger partial charge in [0.15, 0.2) is 0 Å². The van der Waals surface area contributed by atoms with E-state index >= 15 is 0 Å². The maximum Gasteiger partial charge on any atom is 0.252 e. The summed E-state index contributed by atoms with van der Waals surface area (Å²) in [7, 11) is 0. The van der Waals surface area contributed by atoms with Crippen LogP contribution in [0.25, 0.3) is 0 Å². The first-order chi connectivity index (χ1) is 8.95. The lowest BCUT2D eigenvalue weighted by Crippen LogP contribution is -2.45. The number of carbonyl (C=O) groups is 2. The van der Waals surface area contributed by atoms with Crippen LogP contribution in [-0.2, 0) is 4.79 Å². The van der Waals surface area contributed by atoms with Crippen molar-refractivity contribution in [2.75, 3.05) is 0 Å². The highest BCUT2D eigenvalue weighted by Gasteiger charge is 2.26. The predicted molar refractivity (Wildman–Crippen MR) is 72.3 cm³/mol. The number of halogens is 2. The molecule has 0 aliphatic heterocycles. The molecule has 1 fully saturated rings. The molecule has 1 atom stereocenters. The van der Waals surface area contributed by atoms with Crippen molar-refractivity contribution in [2.45, 2.75) is 31.8 Å². The molecule has 2 rings (SSSR count). The van der Waals surface area contributed by atoms with Gasteiger partial charge in [-0.2, -0.15) is 0 Å². The molecule has 1 saturated carbocycles. The molecule has 1 heterocycles. The van der Waals surface area contributed by atoms with E-state index in [1.165, 1.54) is 12.1 Å². The topological polar surface area (TPSA) is 71.1 Å². The summed E-state index contributed by atoms with van der Waals surface area (Å²) in [6, 6.07) is 2.44. The number of aromatic nitrogens is 1. The van der Waals surface area contributed by atoms with E-state index in [0.717, 1.165) is 12.8 Å². The standard InChI is InChI=1S/C12H13Cl2N3O2/c1-6(11(18)16-8-2-3-8)15-12(19)7-4-9(13)17-10(14)5-7/h4-6,8H,2-3H2,1H3,(H,15,19)(H,16,18). The largest absolute Gasteiger partial charge is 0.352 e. The number of hydrogen-bond acceptors (Lipinski definition) is 3. The average Bonchev–Trinajstić information content (AvgIpc) is 3.11. The van der Waals surface area contributed by atoms with Gasteiger partial charge >= 0.3 is 0 Å². The second-order valence-corrected chi connectivity index (χ2v) is 5.25. The van der Waals surface area contributed by atoms with Crippen molar-refractivity contribution in [1.82, 2.24) is 15.6 Å². The highest BCUT2D eigenvalue weighted by Crippen LogP contribution is 2.18. The Balaban J connectivity index is 1.97. The van der Waals surface area contributed by atoms with Crippen molar-refractivity contribution in [3.63, 3.8) is 0 Å². The van der Waals surface area contributed by atoms with Crippen LogP contribution in [0, 0.1) is 0 Å². The first-order valence-corrected chi connectivity index (χ1v) is 6.65. The fraction of sp³-hybridized carbons (Fsp3) is 0.417. The van der Waals surface area contributed by atoms with Gasteiger partial charge < -0.3 is 10.6 Å². The highest BCUT2D eigenvalue weighted by atomic mass is 35.5. The minimum atomic E-state index is -0.612. The van der Waals surface area contributed by atoms with Gasteiger partial charge in [-0.25, -0.2) is 4.98 Å². The fourth-order valence-electron chi connectivity index (χ4n) is 1.50. The Morgan fingerprint density at radius 3 is 2.42 bits per heavy atom. The van der Waals surface area contributed by atoms with Crippen molar-refractivity contribution in [3.8, 4) is 0 Å². The van der Waals surface area contributed by atoms with Gasteiger partial charge in [0, 0.05) is 11.6 Å². The van der Waals surface area contributed by atoms with Crippen LogP contribution in [0.5, 0.6) is 0 Å². The van der Waals surface area contributed by atoms with Crippen LogP contribution in [0.15, 0.2) is 12.1 Å². The van der Waals surface area contributed by atoms with Crippen molar-refractivity contribution in [3.05, 3.63) is 28.0 Å². The van der Waals surface area contributed by atoms with Crippen LogP contribution >= 0.6 is 23.2 Å². The molecule has 0 radical (unpaired) electrons. The number of hydrogen-bond donors (Lipinski definition) is 2. The molecule has 19 heavy (non-hydrogen) atoms. The summed E-state index contributed by atoms with van der Waals surface area (Å²) in [4.78, 5) is 27.4. The third kappa shape index (κ3) is 4.08. The molecule has 102 valence electrons. The van der Waals surface area contributed by atoms with E-state index in [2.05, 4.69) is 15.6 Å². The maximum absolute atomic E-state index is 11.9. The lowest BCUT2D eigenvalue weighted by atomic mass is 10.2. The summed E-state index contributed by atoms with van der Waals surface area (Å²) in [5, 5.41) is 5.67. The van der Waals surface area contributed by atoms with Crippen molar-refractivity contribution in [2.24, 2.45) is 0 Å². The van der Waals surface area contributed by atoms with Gasteiger partial charge in [-0.1, -0.05) is 23.2 Å². The van der Waals surface area contributed by atoms with Gasteiger partial charge in [0.1, 0.15) is 16.3 Å². The molecular weight excluding hydrogens is 289 g/mol. The van der Waals surface area contributed by atoms with Gasteiger partial charge in [0.2, 0.25) is 5.91 Å². The predicted octanol–water partition coefficient (Wildman–Crippen LogP) is 1.79. The lowest BCUT2D eigenvalue weighted by Gasteiger charge is -2.14. The zero-order chi connectivity index (χ0) is 14.0. The second-order valence-electron chi connectivity index (χ2n) is 4.48. The Labute approximate surface area is 120 Å². The molecule has 1 aliphatic rings. The van der Waals surface area contributed by atoms with Crippen LogP contribution in [-0.4, -0.2) is 28.9 Å². The molecular formula is C12H13Cl2N3O2. The molecule has 7 heteroatoms. The van der Waals surface area contributed by atoms with E-state index in [1.54, 1.807) is 6.92 Å². The number of nitrogens with one attached hydrogen (secondary N) is 2. The van der Waals surface area contributed by atoms with E-state index in [0.29, 0.717) is 0 Å². The van der Waals surface area contributed by atoms with Crippen LogP contribution in [0.3, 0.4) is 0 Å². The van der Waals surface area contributed by atoms with E-state index in [1.807, 2.05) is 0 Å². The summed E-state index contributed by atoms with van der Waals surface area (Å²) in [5.41, 5.74) is 0.274. The van der Waals surface area contributed by atoms with Crippen molar-refractivity contribution in [1.29, 1.82) is 0 Å². The van der Waals surface area contributed by atoms with Crippen LogP contribution in [0.4, 0.5) is 0 Å². The number of pyridine rings is 1. The van der Waals surface area contributed by atoms with Crippen molar-refractivity contribution >= 4 is 35.0 Å². The van der Waals surface area contributed by atoms with Gasteiger partial charge in [-0.05, 0) is 31.9 Å². The number of carbonyl (C=O) groups excluding carboxylic acids is 2. The molecule has 0 saturated heterocycles. The first-order valence-electron chi connectivity index (χ1n) is 5.90. The minimum absolute atomic E-state index is 0.132. The Hall–Kier alpha value is -1.33. The van der Waals surface area contributed by atoms with Crippen molar-refractivity contribution < 1.29 is 9.59 Å². The first kappa shape index (κ1) is 14.1. The smallest absolute Gasteiger partial charge is 0.252 e. The second kappa shape index (κ2) is 5.75. The van der Waals surface area contributed by atoms with Crippen LogP contribution < -0.4 is 10.6 Å². The Bertz CT molecular complexity index is 497. The van der Waals surface area contributed by atoms with Gasteiger partial charge in [-0.15, -0.1) is 0 Å². The van der Waals surface area contributed by atoms with Gasteiger partial charge in [0.05, 0.1) is 0 Å².